The summed E-state index contributed by atoms with van der Waals surface area (Å²) in [4.78, 5) is 13.3. The first kappa shape index (κ1) is 14.5. The lowest BCUT2D eigenvalue weighted by atomic mass is 10.3. The summed E-state index contributed by atoms with van der Waals surface area (Å²) < 4.78 is 2.16. The molecule has 20 heavy (non-hydrogen) atoms. The SMILES string of the molecule is C[n+]1ccccc1N1CCN(c2ncccn2)CC1.[Cl-]. The smallest absolute Gasteiger partial charge is 0.276 e. The molecule has 0 aromatic carbocycles. The van der Waals surface area contributed by atoms with E-state index in [2.05, 4.69) is 55.8 Å². The van der Waals surface area contributed by atoms with Crippen molar-refractivity contribution in [3.63, 3.8) is 0 Å². The highest BCUT2D eigenvalue weighted by Gasteiger charge is 2.25. The van der Waals surface area contributed by atoms with Crippen LogP contribution in [0, 0.1) is 0 Å². The largest absolute Gasteiger partial charge is 1.00 e. The van der Waals surface area contributed by atoms with Gasteiger partial charge in [0.15, 0.2) is 0 Å². The van der Waals surface area contributed by atoms with E-state index in [0.29, 0.717) is 0 Å². The third-order valence-corrected chi connectivity index (χ3v) is 3.47. The number of hydrogen-bond acceptors (Lipinski definition) is 4. The van der Waals surface area contributed by atoms with Gasteiger partial charge in [0.25, 0.3) is 5.82 Å². The lowest BCUT2D eigenvalue weighted by Gasteiger charge is -2.31. The van der Waals surface area contributed by atoms with Crippen LogP contribution in [0.3, 0.4) is 0 Å². The number of halogens is 1. The van der Waals surface area contributed by atoms with Crippen molar-refractivity contribution < 1.29 is 17.0 Å². The number of nitrogens with zero attached hydrogens (tertiary/aromatic N) is 5. The highest BCUT2D eigenvalue weighted by molar-refractivity contribution is 5.38. The quantitative estimate of drug-likeness (QED) is 0.580. The van der Waals surface area contributed by atoms with Crippen LogP contribution in [0.25, 0.3) is 0 Å². The third kappa shape index (κ3) is 2.99. The molecule has 2 aromatic heterocycles. The van der Waals surface area contributed by atoms with Crippen molar-refractivity contribution in [2.75, 3.05) is 36.0 Å². The van der Waals surface area contributed by atoms with Crippen LogP contribution in [0.4, 0.5) is 11.8 Å². The van der Waals surface area contributed by atoms with E-state index in [1.165, 1.54) is 5.82 Å². The van der Waals surface area contributed by atoms with Crippen LogP contribution < -0.4 is 26.8 Å². The molecule has 0 amide bonds. The van der Waals surface area contributed by atoms with Gasteiger partial charge < -0.3 is 17.3 Å². The summed E-state index contributed by atoms with van der Waals surface area (Å²) in [5.74, 6) is 2.09. The zero-order chi connectivity index (χ0) is 13.1. The van der Waals surface area contributed by atoms with Crippen molar-refractivity contribution in [2.45, 2.75) is 0 Å². The fourth-order valence-electron chi connectivity index (χ4n) is 2.43. The topological polar surface area (TPSA) is 36.1 Å². The van der Waals surface area contributed by atoms with Gasteiger partial charge in [-0.2, -0.15) is 0 Å². The average Bonchev–Trinajstić information content (AvgIpc) is 2.49. The summed E-state index contributed by atoms with van der Waals surface area (Å²) >= 11 is 0. The first-order valence-corrected chi connectivity index (χ1v) is 6.56. The van der Waals surface area contributed by atoms with Crippen LogP contribution in [0.5, 0.6) is 0 Å². The van der Waals surface area contributed by atoms with Crippen LogP contribution in [0.1, 0.15) is 0 Å². The summed E-state index contributed by atoms with van der Waals surface area (Å²) in [6.45, 7) is 3.91. The van der Waals surface area contributed by atoms with Crippen LogP contribution in [-0.2, 0) is 7.05 Å². The van der Waals surface area contributed by atoms with Crippen LogP contribution in [-0.4, -0.2) is 36.1 Å². The molecule has 6 heteroatoms. The van der Waals surface area contributed by atoms with E-state index in [0.717, 1.165) is 32.1 Å². The number of aryl methyl sites for hydroxylation is 1. The molecule has 1 aliphatic rings. The minimum absolute atomic E-state index is 0. The van der Waals surface area contributed by atoms with Crippen LogP contribution in [0.2, 0.25) is 0 Å². The number of piperazine rings is 1. The lowest BCUT2D eigenvalue weighted by Crippen LogP contribution is -3.00. The average molecular weight is 292 g/mol. The summed E-state index contributed by atoms with van der Waals surface area (Å²) in [5.41, 5.74) is 0. The second-order valence-corrected chi connectivity index (χ2v) is 4.69. The van der Waals surface area contributed by atoms with E-state index in [-0.39, 0.29) is 12.4 Å². The molecule has 0 saturated carbocycles. The van der Waals surface area contributed by atoms with Gasteiger partial charge in [0.05, 0.1) is 26.3 Å². The Labute approximate surface area is 125 Å². The predicted molar refractivity (Wildman–Crippen MR) is 74.1 cm³/mol. The monoisotopic (exact) mass is 291 g/mol. The molecule has 0 spiro atoms. The molecule has 2 aromatic rings. The van der Waals surface area contributed by atoms with Crippen molar-refractivity contribution in [1.82, 2.24) is 9.97 Å². The normalized spacial score (nSPS) is 14.8. The third-order valence-electron chi connectivity index (χ3n) is 3.47. The van der Waals surface area contributed by atoms with Crippen molar-refractivity contribution in [3.05, 3.63) is 42.9 Å². The van der Waals surface area contributed by atoms with Gasteiger partial charge in [-0.3, -0.25) is 4.90 Å². The maximum absolute atomic E-state index is 4.31. The number of hydrogen-bond donors (Lipinski definition) is 0. The first-order valence-electron chi connectivity index (χ1n) is 6.56. The van der Waals surface area contributed by atoms with Gasteiger partial charge in [-0.15, -0.1) is 0 Å². The van der Waals surface area contributed by atoms with Crippen LogP contribution in [0.15, 0.2) is 42.9 Å². The Morgan fingerprint density at radius 1 is 0.950 bits per heavy atom. The summed E-state index contributed by atoms with van der Waals surface area (Å²) in [7, 11) is 2.09. The second-order valence-electron chi connectivity index (χ2n) is 4.69. The number of rotatable bonds is 2. The van der Waals surface area contributed by atoms with Gasteiger partial charge >= 0.3 is 0 Å². The van der Waals surface area contributed by atoms with Gasteiger partial charge in [-0.05, 0) is 12.1 Å². The molecule has 0 N–H and O–H groups in total. The minimum atomic E-state index is 0. The molecular weight excluding hydrogens is 274 g/mol. The van der Waals surface area contributed by atoms with Gasteiger partial charge in [-0.1, -0.05) is 6.07 Å². The zero-order valence-corrected chi connectivity index (χ0v) is 12.2. The minimum Gasteiger partial charge on any atom is -1.00 e. The molecule has 1 saturated heterocycles. The second kappa shape index (κ2) is 6.52. The van der Waals surface area contributed by atoms with Gasteiger partial charge in [0.2, 0.25) is 5.95 Å². The molecule has 3 heterocycles. The Bertz CT molecular complexity index is 540. The molecule has 0 atom stereocenters. The Hall–Kier alpha value is -1.88. The Morgan fingerprint density at radius 2 is 1.60 bits per heavy atom. The molecule has 0 unspecified atom stereocenters. The van der Waals surface area contributed by atoms with E-state index in [4.69, 9.17) is 0 Å². The summed E-state index contributed by atoms with van der Waals surface area (Å²) in [6.07, 6.45) is 5.68. The van der Waals surface area contributed by atoms with E-state index >= 15 is 0 Å². The fraction of sp³-hybridized carbons (Fsp3) is 0.357. The van der Waals surface area contributed by atoms with Crippen molar-refractivity contribution in [2.24, 2.45) is 7.05 Å². The molecule has 0 bridgehead atoms. The number of aromatic nitrogens is 3. The summed E-state index contributed by atoms with van der Waals surface area (Å²) in [5, 5.41) is 0. The molecule has 1 aliphatic heterocycles. The predicted octanol–water partition coefficient (Wildman–Crippen LogP) is -2.37. The van der Waals surface area contributed by atoms with E-state index < -0.39 is 0 Å². The maximum atomic E-state index is 4.31. The van der Waals surface area contributed by atoms with Crippen molar-refractivity contribution >= 4 is 11.8 Å². The zero-order valence-electron chi connectivity index (χ0n) is 11.5. The van der Waals surface area contributed by atoms with Crippen molar-refractivity contribution in [3.8, 4) is 0 Å². The fourth-order valence-corrected chi connectivity index (χ4v) is 2.43. The molecule has 3 rings (SSSR count). The molecule has 0 radical (unpaired) electrons. The molecular formula is C14H18ClN5. The van der Waals surface area contributed by atoms with Gasteiger partial charge in [0.1, 0.15) is 13.1 Å². The van der Waals surface area contributed by atoms with Crippen molar-refractivity contribution in [1.29, 1.82) is 0 Å². The molecule has 0 aliphatic carbocycles. The Kier molecular flexibility index (Phi) is 4.74. The maximum Gasteiger partial charge on any atom is 0.276 e. The molecule has 106 valence electrons. The number of anilines is 2. The van der Waals surface area contributed by atoms with Crippen LogP contribution >= 0.6 is 0 Å². The highest BCUT2D eigenvalue weighted by Crippen LogP contribution is 2.14. The first-order chi connectivity index (χ1) is 9.34. The van der Waals surface area contributed by atoms with E-state index in [9.17, 15) is 0 Å². The summed E-state index contributed by atoms with van der Waals surface area (Å²) in [6, 6.07) is 8.15. The van der Waals surface area contributed by atoms with E-state index in [1.807, 2.05) is 6.07 Å². The standard InChI is InChI=1S/C14H18N5.ClH/c1-17-8-3-2-5-13(17)18-9-11-19(12-10-18)14-15-6-4-7-16-14;/h2-8H,9-12H2,1H3;1H/q+1;/p-1. The lowest BCUT2D eigenvalue weighted by molar-refractivity contribution is -0.659. The van der Waals surface area contributed by atoms with Gasteiger partial charge in [0, 0.05) is 18.5 Å². The Balaban J connectivity index is 0.00000147. The number of pyridine rings is 1. The van der Waals surface area contributed by atoms with Gasteiger partial charge in [-0.25, -0.2) is 14.5 Å². The highest BCUT2D eigenvalue weighted by atomic mass is 35.5. The van der Waals surface area contributed by atoms with E-state index in [1.54, 1.807) is 12.4 Å². The molecule has 5 nitrogen and oxygen atoms in total. The Morgan fingerprint density at radius 3 is 2.25 bits per heavy atom. The molecule has 1 fully saturated rings.